The van der Waals surface area contributed by atoms with Crippen molar-refractivity contribution < 1.29 is 13.5 Å². The predicted octanol–water partition coefficient (Wildman–Crippen LogP) is 1.02. The van der Waals surface area contributed by atoms with Gasteiger partial charge in [-0.2, -0.15) is 0 Å². The van der Waals surface area contributed by atoms with Gasteiger partial charge < -0.3 is 5.11 Å². The van der Waals surface area contributed by atoms with E-state index in [0.717, 1.165) is 11.1 Å². The Morgan fingerprint density at radius 2 is 2.00 bits per heavy atom. The highest BCUT2D eigenvalue weighted by atomic mass is 32.2. The lowest BCUT2D eigenvalue weighted by atomic mass is 10.1. The van der Waals surface area contributed by atoms with E-state index in [4.69, 9.17) is 0 Å². The van der Waals surface area contributed by atoms with Gasteiger partial charge in [-0.25, -0.2) is 13.1 Å². The molecule has 0 saturated carbocycles. The fourth-order valence-corrected chi connectivity index (χ4v) is 3.67. The maximum Gasteiger partial charge on any atom is 0.242 e. The number of aromatic nitrogens is 1. The van der Waals surface area contributed by atoms with Gasteiger partial charge in [-0.3, -0.25) is 4.98 Å². The Kier molecular flexibility index (Phi) is 3.29. The lowest BCUT2D eigenvalue weighted by Crippen LogP contribution is -2.33. The second-order valence-electron chi connectivity index (χ2n) is 4.76. The molecular formula is C14H14N2O3S. The van der Waals surface area contributed by atoms with E-state index >= 15 is 0 Å². The third kappa shape index (κ3) is 2.33. The quantitative estimate of drug-likeness (QED) is 0.884. The summed E-state index contributed by atoms with van der Waals surface area (Å²) in [7, 11) is -3.69. The van der Waals surface area contributed by atoms with Crippen molar-refractivity contribution in [3.05, 3.63) is 59.9 Å². The van der Waals surface area contributed by atoms with Crippen molar-refractivity contribution in [2.45, 2.75) is 23.5 Å². The van der Waals surface area contributed by atoms with E-state index in [1.54, 1.807) is 6.07 Å². The zero-order valence-corrected chi connectivity index (χ0v) is 11.4. The molecule has 0 spiro atoms. The summed E-state index contributed by atoms with van der Waals surface area (Å²) >= 11 is 0. The molecular weight excluding hydrogens is 276 g/mol. The highest BCUT2D eigenvalue weighted by Gasteiger charge is 2.34. The number of pyridine rings is 1. The second kappa shape index (κ2) is 4.97. The number of benzene rings is 1. The number of sulfonamides is 1. The molecule has 0 amide bonds. The summed E-state index contributed by atoms with van der Waals surface area (Å²) < 4.78 is 27.1. The number of hydrogen-bond donors (Lipinski definition) is 2. The Labute approximate surface area is 117 Å². The van der Waals surface area contributed by atoms with Crippen molar-refractivity contribution in [2.75, 3.05) is 0 Å². The molecule has 1 heterocycles. The van der Waals surface area contributed by atoms with Crippen LogP contribution >= 0.6 is 0 Å². The summed E-state index contributed by atoms with van der Waals surface area (Å²) in [5.41, 5.74) is 1.80. The van der Waals surface area contributed by atoms with Crippen LogP contribution in [0.15, 0.2) is 53.7 Å². The molecule has 2 aromatic rings. The van der Waals surface area contributed by atoms with Gasteiger partial charge in [0, 0.05) is 18.8 Å². The molecule has 5 nitrogen and oxygen atoms in total. The van der Waals surface area contributed by atoms with E-state index in [1.807, 2.05) is 24.3 Å². The molecule has 0 unspecified atom stereocenters. The van der Waals surface area contributed by atoms with E-state index in [1.165, 1.54) is 18.5 Å². The van der Waals surface area contributed by atoms with Gasteiger partial charge in [0.2, 0.25) is 10.0 Å². The molecule has 0 aliphatic heterocycles. The van der Waals surface area contributed by atoms with E-state index in [0.29, 0.717) is 6.42 Å². The number of aliphatic hydroxyl groups excluding tert-OH is 1. The highest BCUT2D eigenvalue weighted by Crippen LogP contribution is 2.32. The monoisotopic (exact) mass is 290 g/mol. The first kappa shape index (κ1) is 13.2. The van der Waals surface area contributed by atoms with Crippen LogP contribution in [-0.4, -0.2) is 24.6 Å². The standard InChI is InChI=1S/C14H14N2O3S/c17-13-8-10-4-1-2-6-12(10)14(13)16-20(18,19)11-5-3-7-15-9-11/h1-7,9,13-14,16-17H,8H2/t13-,14+/m1/s1. The van der Waals surface area contributed by atoms with Gasteiger partial charge >= 0.3 is 0 Å². The lowest BCUT2D eigenvalue weighted by Gasteiger charge is -2.17. The van der Waals surface area contributed by atoms with Gasteiger partial charge in [0.1, 0.15) is 4.90 Å². The summed E-state index contributed by atoms with van der Waals surface area (Å²) in [5.74, 6) is 0. The molecule has 104 valence electrons. The van der Waals surface area contributed by atoms with Crippen LogP contribution in [0.4, 0.5) is 0 Å². The Hall–Kier alpha value is -1.76. The van der Waals surface area contributed by atoms with Gasteiger partial charge in [-0.15, -0.1) is 0 Å². The molecule has 3 rings (SSSR count). The van der Waals surface area contributed by atoms with Crippen molar-refractivity contribution in [1.82, 2.24) is 9.71 Å². The van der Waals surface area contributed by atoms with Gasteiger partial charge in [-0.05, 0) is 23.3 Å². The summed E-state index contributed by atoms with van der Waals surface area (Å²) in [6.45, 7) is 0. The number of aliphatic hydroxyl groups is 1. The molecule has 0 bridgehead atoms. The van der Waals surface area contributed by atoms with Crippen molar-refractivity contribution in [1.29, 1.82) is 0 Å². The van der Waals surface area contributed by atoms with Crippen LogP contribution < -0.4 is 4.72 Å². The van der Waals surface area contributed by atoms with Crippen LogP contribution in [0, 0.1) is 0 Å². The minimum Gasteiger partial charge on any atom is -0.391 e. The maximum absolute atomic E-state index is 12.3. The number of rotatable bonds is 3. The van der Waals surface area contributed by atoms with E-state index in [-0.39, 0.29) is 4.90 Å². The average Bonchev–Trinajstić information content (AvgIpc) is 2.76. The largest absolute Gasteiger partial charge is 0.391 e. The maximum atomic E-state index is 12.3. The first-order valence-electron chi connectivity index (χ1n) is 6.26. The highest BCUT2D eigenvalue weighted by molar-refractivity contribution is 7.89. The Balaban J connectivity index is 1.92. The molecule has 1 aliphatic carbocycles. The van der Waals surface area contributed by atoms with Crippen molar-refractivity contribution >= 4 is 10.0 Å². The predicted molar refractivity (Wildman–Crippen MR) is 73.5 cm³/mol. The Morgan fingerprint density at radius 3 is 2.75 bits per heavy atom. The molecule has 1 aliphatic rings. The van der Waals surface area contributed by atoms with Gasteiger partial charge in [0.25, 0.3) is 0 Å². The fourth-order valence-electron chi connectivity index (χ4n) is 2.46. The average molecular weight is 290 g/mol. The molecule has 20 heavy (non-hydrogen) atoms. The lowest BCUT2D eigenvalue weighted by molar-refractivity contribution is 0.151. The van der Waals surface area contributed by atoms with Crippen LogP contribution in [-0.2, 0) is 16.4 Å². The Morgan fingerprint density at radius 1 is 1.20 bits per heavy atom. The SMILES string of the molecule is O=S(=O)(N[C@H]1c2ccccc2C[C@H]1O)c1cccnc1. The van der Waals surface area contributed by atoms with Gasteiger partial charge in [0.15, 0.2) is 0 Å². The number of fused-ring (bicyclic) bond motifs is 1. The molecule has 1 aromatic carbocycles. The third-order valence-corrected chi connectivity index (χ3v) is 4.86. The van der Waals surface area contributed by atoms with Crippen LogP contribution in [0.5, 0.6) is 0 Å². The minimum atomic E-state index is -3.69. The number of nitrogens with zero attached hydrogens (tertiary/aromatic N) is 1. The summed E-state index contributed by atoms with van der Waals surface area (Å²) in [6, 6.07) is 9.87. The molecule has 1 aromatic heterocycles. The van der Waals surface area contributed by atoms with E-state index < -0.39 is 22.2 Å². The van der Waals surface area contributed by atoms with E-state index in [9.17, 15) is 13.5 Å². The number of hydrogen-bond acceptors (Lipinski definition) is 4. The van der Waals surface area contributed by atoms with Crippen LogP contribution in [0.3, 0.4) is 0 Å². The minimum absolute atomic E-state index is 0.0941. The molecule has 6 heteroatoms. The van der Waals surface area contributed by atoms with Crippen LogP contribution in [0.1, 0.15) is 17.2 Å². The molecule has 0 radical (unpaired) electrons. The summed E-state index contributed by atoms with van der Waals surface area (Å²) in [5, 5.41) is 10.1. The fraction of sp³-hybridized carbons (Fsp3) is 0.214. The molecule has 0 fully saturated rings. The second-order valence-corrected chi connectivity index (χ2v) is 6.47. The summed E-state index contributed by atoms with van der Waals surface area (Å²) in [4.78, 5) is 3.90. The van der Waals surface area contributed by atoms with Crippen molar-refractivity contribution in [3.63, 3.8) is 0 Å². The van der Waals surface area contributed by atoms with Crippen molar-refractivity contribution in [3.8, 4) is 0 Å². The molecule has 0 saturated heterocycles. The Bertz CT molecular complexity index is 716. The zero-order chi connectivity index (χ0) is 14.2. The molecule has 2 atom stereocenters. The summed E-state index contributed by atoms with van der Waals surface area (Å²) in [6.07, 6.45) is 2.50. The number of nitrogens with one attached hydrogen (secondary N) is 1. The topological polar surface area (TPSA) is 79.3 Å². The van der Waals surface area contributed by atoms with Crippen LogP contribution in [0.25, 0.3) is 0 Å². The first-order valence-corrected chi connectivity index (χ1v) is 7.74. The van der Waals surface area contributed by atoms with Gasteiger partial charge in [-0.1, -0.05) is 24.3 Å². The zero-order valence-electron chi connectivity index (χ0n) is 10.6. The van der Waals surface area contributed by atoms with Gasteiger partial charge in [0.05, 0.1) is 12.1 Å². The van der Waals surface area contributed by atoms with Crippen LogP contribution in [0.2, 0.25) is 0 Å². The first-order chi connectivity index (χ1) is 9.58. The smallest absolute Gasteiger partial charge is 0.242 e. The van der Waals surface area contributed by atoms with E-state index in [2.05, 4.69) is 9.71 Å². The third-order valence-electron chi connectivity index (χ3n) is 3.43. The molecule has 2 N–H and O–H groups in total. The normalized spacial score (nSPS) is 21.6. The van der Waals surface area contributed by atoms with Crippen molar-refractivity contribution in [2.24, 2.45) is 0 Å².